The fourth-order valence-corrected chi connectivity index (χ4v) is 5.70. The number of anilines is 1. The molecule has 2 atom stereocenters. The van der Waals surface area contributed by atoms with E-state index in [4.69, 9.17) is 9.72 Å². The average molecular weight is 498 g/mol. The molecule has 8 heteroatoms. The summed E-state index contributed by atoms with van der Waals surface area (Å²) in [5.74, 6) is 1.46. The standard InChI is InChI=1S/C29H31N5O3/c1-2-22-13-20(9-10-31-22)24-14-21(16-30)29(32-28(24)19-5-6-19)33-11-12-34(25(17-33)18-3-4-18)26(35)15-23-7-8-27(36)37-23/h2,9-10,13-14,18-19,23,25H,1,3-8,11-12,15,17H2/t23-,25?/m1/s1. The number of hydrogen-bond donors (Lipinski definition) is 0. The van der Waals surface area contributed by atoms with E-state index in [0.717, 1.165) is 54.0 Å². The zero-order valence-electron chi connectivity index (χ0n) is 20.9. The molecular formula is C29H31N5O3. The Morgan fingerprint density at radius 1 is 1.22 bits per heavy atom. The summed E-state index contributed by atoms with van der Waals surface area (Å²) in [6.45, 7) is 5.71. The van der Waals surface area contributed by atoms with Gasteiger partial charge in [-0.1, -0.05) is 6.58 Å². The van der Waals surface area contributed by atoms with Crippen LogP contribution < -0.4 is 4.90 Å². The van der Waals surface area contributed by atoms with Gasteiger partial charge in [0.15, 0.2) is 0 Å². The minimum atomic E-state index is -0.298. The number of nitrogens with zero attached hydrogens (tertiary/aromatic N) is 5. The van der Waals surface area contributed by atoms with Crippen LogP contribution in [0.3, 0.4) is 0 Å². The summed E-state index contributed by atoms with van der Waals surface area (Å²) in [6.07, 6.45) is 8.90. The lowest BCUT2D eigenvalue weighted by Crippen LogP contribution is -2.57. The van der Waals surface area contributed by atoms with E-state index < -0.39 is 0 Å². The van der Waals surface area contributed by atoms with Gasteiger partial charge in [-0.3, -0.25) is 14.6 Å². The third-order valence-corrected chi connectivity index (χ3v) is 7.99. The van der Waals surface area contributed by atoms with Gasteiger partial charge in [0.05, 0.1) is 29.4 Å². The monoisotopic (exact) mass is 497 g/mol. The van der Waals surface area contributed by atoms with Crippen LogP contribution in [0.2, 0.25) is 0 Å². The molecule has 37 heavy (non-hydrogen) atoms. The quantitative estimate of drug-likeness (QED) is 0.532. The van der Waals surface area contributed by atoms with Crippen molar-refractivity contribution in [2.45, 2.75) is 63.0 Å². The minimum absolute atomic E-state index is 0.0643. The minimum Gasteiger partial charge on any atom is -0.462 e. The van der Waals surface area contributed by atoms with Gasteiger partial charge in [0, 0.05) is 43.7 Å². The number of rotatable bonds is 7. The number of amides is 1. The molecular weight excluding hydrogens is 466 g/mol. The van der Waals surface area contributed by atoms with E-state index in [0.29, 0.717) is 49.9 Å². The van der Waals surface area contributed by atoms with Crippen LogP contribution in [0.5, 0.6) is 0 Å². The molecule has 2 aromatic heterocycles. The second kappa shape index (κ2) is 9.62. The number of ether oxygens (including phenoxy) is 1. The van der Waals surface area contributed by atoms with E-state index >= 15 is 0 Å². The molecule has 6 rings (SSSR count). The molecule has 1 amide bonds. The molecule has 2 aliphatic carbocycles. The number of aromatic nitrogens is 2. The summed E-state index contributed by atoms with van der Waals surface area (Å²) in [5, 5.41) is 10.1. The summed E-state index contributed by atoms with van der Waals surface area (Å²) < 4.78 is 5.31. The first kappa shape index (κ1) is 23.7. The largest absolute Gasteiger partial charge is 0.462 e. The highest BCUT2D eigenvalue weighted by atomic mass is 16.5. The van der Waals surface area contributed by atoms with Crippen LogP contribution in [0.1, 0.15) is 67.8 Å². The lowest BCUT2D eigenvalue weighted by molar-refractivity contribution is -0.144. The van der Waals surface area contributed by atoms with Crippen molar-refractivity contribution in [1.82, 2.24) is 14.9 Å². The van der Waals surface area contributed by atoms with E-state index in [-0.39, 0.29) is 30.4 Å². The molecule has 0 bridgehead atoms. The Labute approximate surface area is 216 Å². The van der Waals surface area contributed by atoms with Crippen molar-refractivity contribution in [3.05, 3.63) is 47.9 Å². The zero-order chi connectivity index (χ0) is 25.5. The average Bonchev–Trinajstić information content (AvgIpc) is 3.86. The molecule has 4 heterocycles. The van der Waals surface area contributed by atoms with Gasteiger partial charge >= 0.3 is 5.97 Å². The molecule has 2 saturated carbocycles. The lowest BCUT2D eigenvalue weighted by Gasteiger charge is -2.43. The van der Waals surface area contributed by atoms with Gasteiger partial charge in [-0.2, -0.15) is 5.26 Å². The van der Waals surface area contributed by atoms with Gasteiger partial charge in [0.2, 0.25) is 5.91 Å². The number of esters is 1. The Balaban J connectivity index is 1.27. The highest BCUT2D eigenvalue weighted by Crippen LogP contribution is 2.45. The van der Waals surface area contributed by atoms with E-state index in [1.165, 1.54) is 0 Å². The predicted molar refractivity (Wildman–Crippen MR) is 138 cm³/mol. The summed E-state index contributed by atoms with van der Waals surface area (Å²) in [7, 11) is 0. The molecule has 0 N–H and O–H groups in total. The first-order chi connectivity index (χ1) is 18.0. The normalized spacial score (nSPS) is 23.5. The molecule has 2 aromatic rings. The molecule has 4 aliphatic rings. The second-order valence-electron chi connectivity index (χ2n) is 10.6. The number of pyridine rings is 2. The first-order valence-corrected chi connectivity index (χ1v) is 13.3. The van der Waals surface area contributed by atoms with E-state index in [9.17, 15) is 14.9 Å². The number of carbonyl (C=O) groups is 2. The number of nitriles is 1. The Bertz CT molecular complexity index is 1290. The Morgan fingerprint density at radius 2 is 2.05 bits per heavy atom. The van der Waals surface area contributed by atoms with Crippen LogP contribution in [-0.2, 0) is 14.3 Å². The SMILES string of the molecule is C=Cc1cc(-c2cc(C#N)c(N3CCN(C(=O)C[C@H]4CCC(=O)O4)C(C4CC4)C3)nc2C2CC2)ccn1. The maximum absolute atomic E-state index is 13.2. The molecule has 4 fully saturated rings. The van der Waals surface area contributed by atoms with Crippen molar-refractivity contribution < 1.29 is 14.3 Å². The van der Waals surface area contributed by atoms with Gasteiger partial charge in [-0.25, -0.2) is 4.98 Å². The van der Waals surface area contributed by atoms with E-state index in [1.807, 2.05) is 23.1 Å². The van der Waals surface area contributed by atoms with Crippen molar-refractivity contribution in [2.75, 3.05) is 24.5 Å². The molecule has 8 nitrogen and oxygen atoms in total. The van der Waals surface area contributed by atoms with Crippen LogP contribution in [0.4, 0.5) is 5.82 Å². The maximum Gasteiger partial charge on any atom is 0.306 e. The summed E-state index contributed by atoms with van der Waals surface area (Å²) in [5.41, 5.74) is 4.39. The highest BCUT2D eigenvalue weighted by molar-refractivity contribution is 5.79. The topological polar surface area (TPSA) is 99.4 Å². The zero-order valence-corrected chi connectivity index (χ0v) is 20.9. The first-order valence-electron chi connectivity index (χ1n) is 13.3. The fraction of sp³-hybridized carbons (Fsp3) is 0.483. The van der Waals surface area contributed by atoms with Crippen LogP contribution in [0, 0.1) is 17.2 Å². The van der Waals surface area contributed by atoms with Crippen molar-refractivity contribution in [3.8, 4) is 17.2 Å². The van der Waals surface area contributed by atoms with Crippen LogP contribution >= 0.6 is 0 Å². The Hall–Kier alpha value is -3.73. The third kappa shape index (κ3) is 4.83. The van der Waals surface area contributed by atoms with Crippen molar-refractivity contribution in [3.63, 3.8) is 0 Å². The van der Waals surface area contributed by atoms with Crippen LogP contribution in [-0.4, -0.2) is 58.5 Å². The highest BCUT2D eigenvalue weighted by Gasteiger charge is 2.42. The number of carbonyl (C=O) groups excluding carboxylic acids is 2. The molecule has 2 aliphatic heterocycles. The van der Waals surface area contributed by atoms with Gasteiger partial charge in [0.1, 0.15) is 18.0 Å². The summed E-state index contributed by atoms with van der Waals surface area (Å²) >= 11 is 0. The maximum atomic E-state index is 13.2. The van der Waals surface area contributed by atoms with Crippen LogP contribution in [0.15, 0.2) is 31.0 Å². The van der Waals surface area contributed by atoms with Crippen molar-refractivity contribution >= 4 is 23.8 Å². The van der Waals surface area contributed by atoms with Crippen molar-refractivity contribution in [1.29, 1.82) is 5.26 Å². The van der Waals surface area contributed by atoms with Gasteiger partial charge in [0.25, 0.3) is 0 Å². The van der Waals surface area contributed by atoms with Crippen LogP contribution in [0.25, 0.3) is 17.2 Å². The number of cyclic esters (lactones) is 1. The molecule has 2 saturated heterocycles. The molecule has 0 aromatic carbocycles. The van der Waals surface area contributed by atoms with Gasteiger partial charge in [-0.05, 0) is 67.9 Å². The smallest absolute Gasteiger partial charge is 0.306 e. The molecule has 0 radical (unpaired) electrons. The number of hydrogen-bond acceptors (Lipinski definition) is 7. The summed E-state index contributed by atoms with van der Waals surface area (Å²) in [4.78, 5) is 38.4. The fourth-order valence-electron chi connectivity index (χ4n) is 5.70. The van der Waals surface area contributed by atoms with Crippen molar-refractivity contribution in [2.24, 2.45) is 5.92 Å². The second-order valence-corrected chi connectivity index (χ2v) is 10.6. The third-order valence-electron chi connectivity index (χ3n) is 7.99. The molecule has 0 spiro atoms. The number of piperazine rings is 1. The molecule has 1 unspecified atom stereocenters. The van der Waals surface area contributed by atoms with Gasteiger partial charge in [-0.15, -0.1) is 0 Å². The predicted octanol–water partition coefficient (Wildman–Crippen LogP) is 4.06. The summed E-state index contributed by atoms with van der Waals surface area (Å²) in [6, 6.07) is 8.42. The Kier molecular flexibility index (Phi) is 6.15. The lowest BCUT2D eigenvalue weighted by atomic mass is 9.98. The van der Waals surface area contributed by atoms with Gasteiger partial charge < -0.3 is 14.5 Å². The van der Waals surface area contributed by atoms with E-state index in [2.05, 4.69) is 22.5 Å². The Morgan fingerprint density at radius 3 is 2.73 bits per heavy atom. The van der Waals surface area contributed by atoms with E-state index in [1.54, 1.807) is 12.3 Å². The molecule has 190 valence electrons.